The number of nitrogens with zero attached hydrogens (tertiary/aromatic N) is 5. The highest BCUT2D eigenvalue weighted by Crippen LogP contribution is 2.16. The summed E-state index contributed by atoms with van der Waals surface area (Å²) < 4.78 is 3.13. The van der Waals surface area contributed by atoms with Gasteiger partial charge in [0.15, 0.2) is 0 Å². The summed E-state index contributed by atoms with van der Waals surface area (Å²) in [6, 6.07) is 1.33. The zero-order chi connectivity index (χ0) is 15.9. The van der Waals surface area contributed by atoms with E-state index in [4.69, 9.17) is 0 Å². The molecule has 0 saturated heterocycles. The molecule has 9 nitrogen and oxygen atoms in total. The standard InChI is InChI=1S/C13H17N7O2/c1-7-4-10(19(3)17-7)13(22)14-5-9-11-6-15-12(21)8(2)20(11)18-16-9/h4,8H,5-6H2,1-3H3,(H,14,22)(H,15,21). The number of aromatic nitrogens is 5. The van der Waals surface area contributed by atoms with Gasteiger partial charge in [-0.2, -0.15) is 5.10 Å². The number of fused-ring (bicyclic) bond motifs is 1. The first-order valence-corrected chi connectivity index (χ1v) is 6.97. The Kier molecular flexibility index (Phi) is 3.39. The van der Waals surface area contributed by atoms with Gasteiger partial charge in [0.05, 0.1) is 24.5 Å². The molecule has 2 aromatic heterocycles. The summed E-state index contributed by atoms with van der Waals surface area (Å²) in [6.07, 6.45) is 0. The molecule has 0 bridgehead atoms. The Morgan fingerprint density at radius 2 is 2.32 bits per heavy atom. The molecule has 1 unspecified atom stereocenters. The van der Waals surface area contributed by atoms with Crippen LogP contribution in [-0.4, -0.2) is 36.6 Å². The van der Waals surface area contributed by atoms with E-state index < -0.39 is 0 Å². The van der Waals surface area contributed by atoms with Crippen molar-refractivity contribution in [3.05, 3.63) is 28.8 Å². The van der Waals surface area contributed by atoms with E-state index in [9.17, 15) is 9.59 Å². The first kappa shape index (κ1) is 14.2. The Morgan fingerprint density at radius 3 is 3.00 bits per heavy atom. The van der Waals surface area contributed by atoms with Gasteiger partial charge in [-0.1, -0.05) is 5.21 Å². The minimum absolute atomic E-state index is 0.0849. The number of aryl methyl sites for hydroxylation is 2. The highest BCUT2D eigenvalue weighted by molar-refractivity contribution is 5.92. The minimum atomic E-state index is -0.388. The van der Waals surface area contributed by atoms with E-state index in [-0.39, 0.29) is 24.4 Å². The molecule has 2 amide bonds. The van der Waals surface area contributed by atoms with Gasteiger partial charge in [0.25, 0.3) is 5.91 Å². The lowest BCUT2D eigenvalue weighted by molar-refractivity contribution is -0.125. The number of carbonyl (C=O) groups excluding carboxylic acids is 2. The summed E-state index contributed by atoms with van der Waals surface area (Å²) in [5.41, 5.74) is 2.73. The van der Waals surface area contributed by atoms with Gasteiger partial charge in [0, 0.05) is 7.05 Å². The predicted octanol–water partition coefficient (Wildman–Crippen LogP) is -0.559. The lowest BCUT2D eigenvalue weighted by atomic mass is 10.2. The SMILES string of the molecule is Cc1cc(C(=O)NCc2nnn3c2CNC(=O)C3C)n(C)n1. The van der Waals surface area contributed by atoms with Crippen molar-refractivity contribution in [3.63, 3.8) is 0 Å². The smallest absolute Gasteiger partial charge is 0.269 e. The maximum absolute atomic E-state index is 12.2. The summed E-state index contributed by atoms with van der Waals surface area (Å²) in [5.74, 6) is -0.309. The molecule has 1 aliphatic heterocycles. The summed E-state index contributed by atoms with van der Waals surface area (Å²) >= 11 is 0. The molecule has 0 aromatic carbocycles. The summed E-state index contributed by atoms with van der Waals surface area (Å²) in [4.78, 5) is 23.7. The topological polar surface area (TPSA) is 107 Å². The van der Waals surface area contributed by atoms with E-state index in [1.54, 1.807) is 24.7 Å². The van der Waals surface area contributed by atoms with Crippen LogP contribution in [0.15, 0.2) is 6.07 Å². The Balaban J connectivity index is 1.73. The monoisotopic (exact) mass is 303 g/mol. The van der Waals surface area contributed by atoms with Gasteiger partial charge in [-0.25, -0.2) is 4.68 Å². The number of nitrogens with one attached hydrogen (secondary N) is 2. The number of hydrogen-bond donors (Lipinski definition) is 2. The zero-order valence-electron chi connectivity index (χ0n) is 12.6. The molecular weight excluding hydrogens is 286 g/mol. The molecule has 3 rings (SSSR count). The van der Waals surface area contributed by atoms with Crippen molar-refractivity contribution in [2.24, 2.45) is 7.05 Å². The molecule has 22 heavy (non-hydrogen) atoms. The van der Waals surface area contributed by atoms with Crippen LogP contribution in [-0.2, 0) is 24.9 Å². The summed E-state index contributed by atoms with van der Waals surface area (Å²) in [6.45, 7) is 4.21. The van der Waals surface area contributed by atoms with E-state index in [1.165, 1.54) is 4.68 Å². The Hall–Kier alpha value is -2.71. The Morgan fingerprint density at radius 1 is 1.55 bits per heavy atom. The van der Waals surface area contributed by atoms with Crippen LogP contribution in [0.3, 0.4) is 0 Å². The third-order valence-corrected chi connectivity index (χ3v) is 3.70. The van der Waals surface area contributed by atoms with Crippen LogP contribution < -0.4 is 10.6 Å². The molecule has 9 heteroatoms. The van der Waals surface area contributed by atoms with Gasteiger partial charge in [0.2, 0.25) is 5.91 Å². The van der Waals surface area contributed by atoms with Crippen LogP contribution in [0, 0.1) is 6.92 Å². The molecule has 1 atom stereocenters. The van der Waals surface area contributed by atoms with E-state index in [0.29, 0.717) is 17.9 Å². The third kappa shape index (κ3) is 2.34. The van der Waals surface area contributed by atoms with Gasteiger partial charge >= 0.3 is 0 Å². The molecule has 0 saturated carbocycles. The van der Waals surface area contributed by atoms with Crippen molar-refractivity contribution >= 4 is 11.8 Å². The maximum Gasteiger partial charge on any atom is 0.269 e. The fourth-order valence-corrected chi connectivity index (χ4v) is 2.49. The van der Waals surface area contributed by atoms with E-state index in [1.807, 2.05) is 6.92 Å². The first-order chi connectivity index (χ1) is 10.5. The van der Waals surface area contributed by atoms with Crippen molar-refractivity contribution in [1.29, 1.82) is 0 Å². The quantitative estimate of drug-likeness (QED) is 0.790. The van der Waals surface area contributed by atoms with Crippen molar-refractivity contribution in [2.75, 3.05) is 0 Å². The molecule has 1 aliphatic rings. The molecule has 0 radical (unpaired) electrons. The lowest BCUT2D eigenvalue weighted by Crippen LogP contribution is -2.38. The molecule has 0 aliphatic carbocycles. The fraction of sp³-hybridized carbons (Fsp3) is 0.462. The Bertz CT molecular complexity index is 746. The van der Waals surface area contributed by atoms with Crippen molar-refractivity contribution in [2.45, 2.75) is 33.0 Å². The van der Waals surface area contributed by atoms with Crippen LogP contribution in [0.5, 0.6) is 0 Å². The largest absolute Gasteiger partial charge is 0.349 e. The average Bonchev–Trinajstić information content (AvgIpc) is 3.04. The van der Waals surface area contributed by atoms with Crippen LogP contribution in [0.2, 0.25) is 0 Å². The molecule has 2 aromatic rings. The van der Waals surface area contributed by atoms with E-state index >= 15 is 0 Å². The van der Waals surface area contributed by atoms with Gasteiger partial charge < -0.3 is 10.6 Å². The van der Waals surface area contributed by atoms with Crippen molar-refractivity contribution < 1.29 is 9.59 Å². The number of carbonyl (C=O) groups is 2. The van der Waals surface area contributed by atoms with Crippen LogP contribution in [0.25, 0.3) is 0 Å². The van der Waals surface area contributed by atoms with E-state index in [0.717, 1.165) is 11.4 Å². The zero-order valence-corrected chi connectivity index (χ0v) is 12.6. The number of hydrogen-bond acceptors (Lipinski definition) is 5. The van der Waals surface area contributed by atoms with E-state index in [2.05, 4.69) is 26.0 Å². The summed E-state index contributed by atoms with van der Waals surface area (Å²) in [5, 5.41) is 17.8. The lowest BCUT2D eigenvalue weighted by Gasteiger charge is -2.20. The van der Waals surface area contributed by atoms with Gasteiger partial charge in [0.1, 0.15) is 17.4 Å². The van der Waals surface area contributed by atoms with Crippen LogP contribution in [0.4, 0.5) is 0 Å². The number of rotatable bonds is 3. The Labute approximate surface area is 126 Å². The highest BCUT2D eigenvalue weighted by Gasteiger charge is 2.27. The van der Waals surface area contributed by atoms with Crippen molar-refractivity contribution in [3.8, 4) is 0 Å². The second-order valence-corrected chi connectivity index (χ2v) is 5.30. The van der Waals surface area contributed by atoms with Crippen molar-refractivity contribution in [1.82, 2.24) is 35.4 Å². The number of amides is 2. The fourth-order valence-electron chi connectivity index (χ4n) is 2.49. The average molecular weight is 303 g/mol. The molecule has 116 valence electrons. The normalized spacial score (nSPS) is 17.0. The van der Waals surface area contributed by atoms with Crippen LogP contribution in [0.1, 0.15) is 40.5 Å². The van der Waals surface area contributed by atoms with Crippen LogP contribution >= 0.6 is 0 Å². The highest BCUT2D eigenvalue weighted by atomic mass is 16.2. The molecule has 2 N–H and O–H groups in total. The third-order valence-electron chi connectivity index (χ3n) is 3.70. The van der Waals surface area contributed by atoms with Gasteiger partial charge in [-0.05, 0) is 19.9 Å². The molecular formula is C13H17N7O2. The minimum Gasteiger partial charge on any atom is -0.349 e. The molecule has 0 spiro atoms. The molecule has 0 fully saturated rings. The maximum atomic E-state index is 12.2. The van der Waals surface area contributed by atoms with Gasteiger partial charge in [-0.15, -0.1) is 5.10 Å². The second kappa shape index (κ2) is 5.24. The second-order valence-electron chi connectivity index (χ2n) is 5.30. The molecule has 3 heterocycles. The predicted molar refractivity (Wildman–Crippen MR) is 75.7 cm³/mol. The van der Waals surface area contributed by atoms with Gasteiger partial charge in [-0.3, -0.25) is 14.3 Å². The first-order valence-electron chi connectivity index (χ1n) is 6.97. The summed E-state index contributed by atoms with van der Waals surface area (Å²) in [7, 11) is 1.72.